The molecule has 5 heterocycles. The van der Waals surface area contributed by atoms with Crippen LogP contribution in [0, 0.1) is 17.7 Å². The number of carbonyl (C=O) groups excluding carboxylic acids is 5. The summed E-state index contributed by atoms with van der Waals surface area (Å²) in [7, 11) is -2.65. The predicted octanol–water partition coefficient (Wildman–Crippen LogP) is 5.18. The minimum absolute atomic E-state index is 0.0348. The van der Waals surface area contributed by atoms with Crippen LogP contribution in [0.4, 0.5) is 38.9 Å². The highest BCUT2D eigenvalue weighted by atomic mass is 35.5. The number of aromatic nitrogens is 2. The molecule has 3 saturated heterocycles. The van der Waals surface area contributed by atoms with Crippen LogP contribution in [0.3, 0.4) is 0 Å². The second-order valence-corrected chi connectivity index (χ2v) is 20.8. The summed E-state index contributed by atoms with van der Waals surface area (Å²) in [4.78, 5) is 79.7. The van der Waals surface area contributed by atoms with Crippen LogP contribution in [0.5, 0.6) is 0 Å². The van der Waals surface area contributed by atoms with Gasteiger partial charge >= 0.3 is 0 Å². The Labute approximate surface area is 398 Å². The van der Waals surface area contributed by atoms with E-state index in [1.165, 1.54) is 24.4 Å². The van der Waals surface area contributed by atoms with Gasteiger partial charge in [-0.15, -0.1) is 0 Å². The smallest absolute Gasteiger partial charge is 0.263 e. The van der Waals surface area contributed by atoms with Gasteiger partial charge in [0.25, 0.3) is 11.8 Å². The average molecular weight is 965 g/mol. The standard InChI is InChI=1S/C48H51ClFN10O7P/c1-4-41(61)52-37-28-36(54-48-51-29-33(49)44(56-48)53-35-12-5-6-13-40(35)68(2,3)66)34(50)27-39(37)59-18-16-31(17-19-59)58-22-20-57(21-23-58)24-26-67-25-8-10-30-9-7-11-32-43(30)47(65)60(46(32)64)38-14-15-42(62)55-45(38)63/h4-7,9,11-13,27-29,31,38H,1,14-26H2,2-3H3,(H,52,61)(H,55,62,63)(H2,51,53,54,56). The molecule has 68 heavy (non-hydrogen) atoms. The minimum Gasteiger partial charge on any atom is -0.370 e. The zero-order valence-electron chi connectivity index (χ0n) is 37.6. The Morgan fingerprint density at radius 2 is 1.74 bits per heavy atom. The first-order valence-corrected chi connectivity index (χ1v) is 25.3. The Hall–Kier alpha value is -6.48. The fourth-order valence-electron chi connectivity index (χ4n) is 8.91. The monoisotopic (exact) mass is 964 g/mol. The Kier molecular flexibility index (Phi) is 14.7. The van der Waals surface area contributed by atoms with Gasteiger partial charge in [-0.3, -0.25) is 44.0 Å². The molecule has 354 valence electrons. The molecule has 20 heteroatoms. The maximum Gasteiger partial charge on any atom is 0.263 e. The topological polar surface area (TPSA) is 199 Å². The van der Waals surface area contributed by atoms with E-state index in [1.807, 2.05) is 0 Å². The summed E-state index contributed by atoms with van der Waals surface area (Å²) < 4.78 is 34.7. The number of rotatable bonds is 14. The van der Waals surface area contributed by atoms with Crippen LogP contribution in [0.15, 0.2) is 73.4 Å². The molecule has 0 bridgehead atoms. The molecule has 1 aromatic heterocycles. The number of piperazine rings is 1. The lowest BCUT2D eigenvalue weighted by Crippen LogP contribution is -2.54. The predicted molar refractivity (Wildman–Crippen MR) is 258 cm³/mol. The van der Waals surface area contributed by atoms with E-state index in [9.17, 15) is 28.5 Å². The Morgan fingerprint density at radius 1 is 0.971 bits per heavy atom. The van der Waals surface area contributed by atoms with Crippen LogP contribution in [0.1, 0.15) is 52.0 Å². The van der Waals surface area contributed by atoms with Crippen molar-refractivity contribution in [2.45, 2.75) is 37.8 Å². The Bertz CT molecular complexity index is 2780. The van der Waals surface area contributed by atoms with Gasteiger partial charge in [-0.05, 0) is 69.0 Å². The molecule has 5 amide bonds. The van der Waals surface area contributed by atoms with Gasteiger partial charge in [0.1, 0.15) is 30.6 Å². The number of hydrogen-bond donors (Lipinski definition) is 4. The van der Waals surface area contributed by atoms with Crippen LogP contribution in [0.25, 0.3) is 0 Å². The molecule has 1 unspecified atom stereocenters. The molecule has 0 saturated carbocycles. The summed E-state index contributed by atoms with van der Waals surface area (Å²) in [6, 6.07) is 14.2. The van der Waals surface area contributed by atoms with Crippen LogP contribution in [0.2, 0.25) is 5.02 Å². The molecule has 0 spiro atoms. The van der Waals surface area contributed by atoms with Crippen molar-refractivity contribution in [3.63, 3.8) is 0 Å². The fraction of sp³-hybridized carbons (Fsp3) is 0.354. The number of amides is 5. The number of ether oxygens (including phenoxy) is 1. The summed E-state index contributed by atoms with van der Waals surface area (Å²) in [5.74, 6) is 2.90. The molecular weight excluding hydrogens is 914 g/mol. The first-order valence-electron chi connectivity index (χ1n) is 22.3. The maximum absolute atomic E-state index is 16.0. The van der Waals surface area contributed by atoms with Gasteiger partial charge in [-0.1, -0.05) is 48.2 Å². The Balaban J connectivity index is 0.814. The van der Waals surface area contributed by atoms with Gasteiger partial charge in [0.15, 0.2) is 5.82 Å². The molecule has 0 radical (unpaired) electrons. The number of nitrogens with zero attached hydrogens (tertiary/aromatic N) is 6. The Morgan fingerprint density at radius 3 is 2.47 bits per heavy atom. The lowest BCUT2D eigenvalue weighted by atomic mass is 10.0. The SMILES string of the molecule is C=CC(=O)Nc1cc(Nc2ncc(Cl)c(Nc3ccccc3P(C)(C)=O)n2)c(F)cc1N1CCC(N2CCN(CCOCC#Cc3cccc4c3C(=O)N(C3CCC(=O)NC3=O)C4=O)CC2)CC1. The van der Waals surface area contributed by atoms with Crippen LogP contribution in [-0.2, 0) is 23.7 Å². The van der Waals surface area contributed by atoms with Crippen molar-refractivity contribution in [1.29, 1.82) is 0 Å². The summed E-state index contributed by atoms with van der Waals surface area (Å²) in [5, 5.41) is 11.9. The van der Waals surface area contributed by atoms with Gasteiger partial charge < -0.3 is 30.2 Å². The number of benzene rings is 3. The fourth-order valence-corrected chi connectivity index (χ4v) is 10.2. The number of para-hydroxylation sites is 1. The third-order valence-electron chi connectivity index (χ3n) is 12.4. The molecule has 3 aromatic carbocycles. The van der Waals surface area contributed by atoms with Crippen LogP contribution < -0.4 is 31.5 Å². The summed E-state index contributed by atoms with van der Waals surface area (Å²) in [6.07, 6.45) is 4.35. The highest BCUT2D eigenvalue weighted by Crippen LogP contribution is 2.39. The molecule has 4 aliphatic rings. The second kappa shape index (κ2) is 20.8. The molecule has 4 aromatic rings. The minimum atomic E-state index is -2.65. The number of imide groups is 2. The lowest BCUT2D eigenvalue weighted by molar-refractivity contribution is -0.136. The van der Waals surface area contributed by atoms with Crippen molar-refractivity contribution < 1.29 is 37.7 Å². The number of nitrogens with one attached hydrogen (secondary N) is 4. The van der Waals surface area contributed by atoms with Crippen LogP contribution in [-0.4, -0.2) is 139 Å². The zero-order chi connectivity index (χ0) is 48.1. The highest BCUT2D eigenvalue weighted by Gasteiger charge is 2.45. The number of fused-ring (bicyclic) bond motifs is 1. The molecular formula is C48H51ClFN10O7P. The van der Waals surface area contributed by atoms with Crippen molar-refractivity contribution in [2.24, 2.45) is 0 Å². The summed E-state index contributed by atoms with van der Waals surface area (Å²) in [6.45, 7) is 13.0. The largest absolute Gasteiger partial charge is 0.370 e. The maximum atomic E-state index is 16.0. The molecule has 17 nitrogen and oxygen atoms in total. The quantitative estimate of drug-likeness (QED) is 0.0424. The second-order valence-electron chi connectivity index (χ2n) is 17.2. The third-order valence-corrected chi connectivity index (χ3v) is 14.2. The van der Waals surface area contributed by atoms with Crippen molar-refractivity contribution in [3.05, 3.63) is 101 Å². The van der Waals surface area contributed by atoms with Crippen LogP contribution >= 0.6 is 18.7 Å². The summed E-state index contributed by atoms with van der Waals surface area (Å²) >= 11 is 6.44. The van der Waals surface area contributed by atoms with Gasteiger partial charge in [0.05, 0.1) is 46.7 Å². The van der Waals surface area contributed by atoms with Crippen molar-refractivity contribution in [1.82, 2.24) is 30.0 Å². The van der Waals surface area contributed by atoms with Gasteiger partial charge in [0, 0.05) is 75.2 Å². The molecule has 0 aliphatic carbocycles. The molecule has 1 atom stereocenters. The van der Waals surface area contributed by atoms with Gasteiger partial charge in [0.2, 0.25) is 23.7 Å². The molecule has 4 aliphatic heterocycles. The van der Waals surface area contributed by atoms with E-state index in [0.717, 1.165) is 56.5 Å². The van der Waals surface area contributed by atoms with Gasteiger partial charge in [-0.25, -0.2) is 9.37 Å². The van der Waals surface area contributed by atoms with E-state index in [1.54, 1.807) is 49.7 Å². The van der Waals surface area contributed by atoms with Crippen molar-refractivity contribution >= 4 is 88.1 Å². The first-order chi connectivity index (χ1) is 32.7. The van der Waals surface area contributed by atoms with E-state index in [2.05, 4.69) is 64.4 Å². The van der Waals surface area contributed by atoms with E-state index >= 15 is 4.39 Å². The number of halogens is 2. The normalized spacial score (nSPS) is 18.1. The first kappa shape index (κ1) is 48.0. The van der Waals surface area contributed by atoms with E-state index in [0.29, 0.717) is 53.7 Å². The number of carbonyl (C=O) groups is 5. The summed E-state index contributed by atoms with van der Waals surface area (Å²) in [5.41, 5.74) is 2.26. The average Bonchev–Trinajstić information content (AvgIpc) is 3.58. The van der Waals surface area contributed by atoms with E-state index < -0.39 is 48.5 Å². The zero-order valence-corrected chi connectivity index (χ0v) is 39.3. The number of anilines is 6. The van der Waals surface area contributed by atoms with E-state index in [4.69, 9.17) is 16.3 Å². The molecule has 4 N–H and O–H groups in total. The third kappa shape index (κ3) is 10.8. The number of hydrogen-bond acceptors (Lipinski definition) is 14. The van der Waals surface area contributed by atoms with Crippen molar-refractivity contribution in [2.75, 3.05) is 93.2 Å². The van der Waals surface area contributed by atoms with E-state index in [-0.39, 0.29) is 53.1 Å². The molecule has 8 rings (SSSR count). The van der Waals surface area contributed by atoms with Crippen molar-refractivity contribution in [3.8, 4) is 11.8 Å². The number of piperidine rings is 2. The highest BCUT2D eigenvalue weighted by molar-refractivity contribution is 7.70. The van der Waals surface area contributed by atoms with Gasteiger partial charge in [-0.2, -0.15) is 4.98 Å². The molecule has 3 fully saturated rings. The lowest BCUT2D eigenvalue weighted by Gasteiger charge is -2.43.